The van der Waals surface area contributed by atoms with Crippen molar-refractivity contribution in [2.45, 2.75) is 6.61 Å². The van der Waals surface area contributed by atoms with Crippen molar-refractivity contribution >= 4 is 58.3 Å². The molecule has 0 aliphatic rings. The highest BCUT2D eigenvalue weighted by Gasteiger charge is 2.08. The molecule has 0 fully saturated rings. The van der Waals surface area contributed by atoms with Crippen molar-refractivity contribution in [3.8, 4) is 0 Å². The van der Waals surface area contributed by atoms with Crippen LogP contribution in [-0.4, -0.2) is 14.8 Å². The fraction of sp³-hybridized carbons (Fsp3) is 0.0588. The molecular formula is C17H12Cl4N4O. The van der Waals surface area contributed by atoms with Gasteiger partial charge in [0.1, 0.15) is 19.3 Å². The van der Waals surface area contributed by atoms with Crippen molar-refractivity contribution in [2.24, 2.45) is 0 Å². The van der Waals surface area contributed by atoms with Crippen LogP contribution in [0.1, 0.15) is 11.1 Å². The van der Waals surface area contributed by atoms with Crippen LogP contribution in [0.2, 0.25) is 20.1 Å². The Morgan fingerprint density at radius 2 is 1.88 bits per heavy atom. The van der Waals surface area contributed by atoms with Gasteiger partial charge in [-0.25, -0.2) is 9.67 Å². The fourth-order valence-corrected chi connectivity index (χ4v) is 2.83. The maximum Gasteiger partial charge on any atom is 0.138 e. The van der Waals surface area contributed by atoms with E-state index >= 15 is 0 Å². The maximum absolute atomic E-state index is 6.15. The summed E-state index contributed by atoms with van der Waals surface area (Å²) in [5.74, 6) is 0. The number of hydrogen-bond acceptors (Lipinski definition) is 4. The number of nitrogens with one attached hydrogen (secondary N) is 1. The molecule has 0 atom stereocenters. The van der Waals surface area contributed by atoms with Crippen LogP contribution in [-0.2, 0) is 11.4 Å². The standard InChI is InChI=1S/C17H12Cl4N4O/c18-13-3-1-12(15(20)6-13)8-26-24-17(7-25-10-22-9-23-25)11-2-4-14(19)16(21)5-11/h1-7,9-10,24H,8H2. The molecule has 0 bridgehead atoms. The van der Waals surface area contributed by atoms with E-state index in [1.54, 1.807) is 42.9 Å². The van der Waals surface area contributed by atoms with Gasteiger partial charge in [-0.05, 0) is 29.8 Å². The lowest BCUT2D eigenvalue weighted by atomic mass is 10.2. The fourth-order valence-electron chi connectivity index (χ4n) is 2.07. The zero-order chi connectivity index (χ0) is 18.5. The maximum atomic E-state index is 6.15. The van der Waals surface area contributed by atoms with E-state index in [0.29, 0.717) is 25.8 Å². The second-order valence-corrected chi connectivity index (χ2v) is 6.83. The second kappa shape index (κ2) is 8.75. The molecular weight excluding hydrogens is 418 g/mol. The van der Waals surface area contributed by atoms with Gasteiger partial charge in [0.05, 0.1) is 21.9 Å². The van der Waals surface area contributed by atoms with Gasteiger partial charge >= 0.3 is 0 Å². The van der Waals surface area contributed by atoms with Crippen LogP contribution < -0.4 is 5.48 Å². The van der Waals surface area contributed by atoms with E-state index in [-0.39, 0.29) is 6.61 Å². The van der Waals surface area contributed by atoms with Crippen LogP contribution in [0.3, 0.4) is 0 Å². The highest BCUT2D eigenvalue weighted by Crippen LogP contribution is 2.26. The van der Waals surface area contributed by atoms with Crippen LogP contribution in [0.25, 0.3) is 11.9 Å². The number of aromatic nitrogens is 3. The van der Waals surface area contributed by atoms with Crippen molar-refractivity contribution < 1.29 is 4.84 Å². The monoisotopic (exact) mass is 428 g/mol. The van der Waals surface area contributed by atoms with Crippen LogP contribution in [0.5, 0.6) is 0 Å². The first-order chi connectivity index (χ1) is 12.5. The molecule has 3 rings (SSSR count). The van der Waals surface area contributed by atoms with E-state index in [0.717, 1.165) is 11.1 Å². The Balaban J connectivity index is 1.79. The summed E-state index contributed by atoms with van der Waals surface area (Å²) in [6, 6.07) is 10.4. The van der Waals surface area contributed by atoms with Gasteiger partial charge in [0.15, 0.2) is 0 Å². The second-order valence-electron chi connectivity index (χ2n) is 5.17. The van der Waals surface area contributed by atoms with Gasteiger partial charge in [0.25, 0.3) is 0 Å². The van der Waals surface area contributed by atoms with Crippen LogP contribution in [0.15, 0.2) is 49.1 Å². The average Bonchev–Trinajstić information content (AvgIpc) is 3.11. The van der Waals surface area contributed by atoms with Crippen molar-refractivity contribution in [3.05, 3.63) is 80.3 Å². The summed E-state index contributed by atoms with van der Waals surface area (Å²) < 4.78 is 1.53. The molecule has 134 valence electrons. The quantitative estimate of drug-likeness (QED) is 0.520. The van der Waals surface area contributed by atoms with E-state index in [9.17, 15) is 0 Å². The highest BCUT2D eigenvalue weighted by molar-refractivity contribution is 6.42. The summed E-state index contributed by atoms with van der Waals surface area (Å²) in [7, 11) is 0. The van der Waals surface area contributed by atoms with Gasteiger partial charge in [0.2, 0.25) is 0 Å². The molecule has 1 aromatic heterocycles. The summed E-state index contributed by atoms with van der Waals surface area (Å²) >= 11 is 24.2. The van der Waals surface area contributed by atoms with Gasteiger partial charge in [-0.2, -0.15) is 5.10 Å². The van der Waals surface area contributed by atoms with Crippen molar-refractivity contribution in [1.29, 1.82) is 0 Å². The summed E-state index contributed by atoms with van der Waals surface area (Å²) in [6.07, 6.45) is 4.68. The Hall–Kier alpha value is -1.76. The lowest BCUT2D eigenvalue weighted by Crippen LogP contribution is -2.14. The summed E-state index contributed by atoms with van der Waals surface area (Å²) in [6.45, 7) is 0.228. The largest absolute Gasteiger partial charge is 0.271 e. The number of rotatable bonds is 6. The van der Waals surface area contributed by atoms with E-state index in [1.807, 2.05) is 6.07 Å². The normalized spacial score (nSPS) is 11.6. The number of hydrogen-bond donors (Lipinski definition) is 1. The molecule has 0 unspecified atom stereocenters. The molecule has 3 aromatic rings. The molecule has 0 aliphatic carbocycles. The first-order valence-corrected chi connectivity index (χ1v) is 8.87. The molecule has 0 amide bonds. The first-order valence-electron chi connectivity index (χ1n) is 7.36. The topological polar surface area (TPSA) is 52.0 Å². The van der Waals surface area contributed by atoms with Crippen LogP contribution in [0, 0.1) is 0 Å². The van der Waals surface area contributed by atoms with E-state index < -0.39 is 0 Å². The first kappa shape index (κ1) is 19.0. The molecule has 0 radical (unpaired) electrons. The Kier molecular flexibility index (Phi) is 6.40. The van der Waals surface area contributed by atoms with Gasteiger partial charge in [-0.15, -0.1) is 0 Å². The molecule has 0 aliphatic heterocycles. The predicted molar refractivity (Wildman–Crippen MR) is 105 cm³/mol. The lowest BCUT2D eigenvalue weighted by Gasteiger charge is -2.13. The minimum atomic E-state index is 0.228. The predicted octanol–water partition coefficient (Wildman–Crippen LogP) is 5.57. The average molecular weight is 430 g/mol. The molecule has 5 nitrogen and oxygen atoms in total. The summed E-state index contributed by atoms with van der Waals surface area (Å²) in [4.78, 5) is 9.50. The zero-order valence-corrected chi connectivity index (χ0v) is 16.2. The van der Waals surface area contributed by atoms with Gasteiger partial charge in [-0.3, -0.25) is 10.3 Å². The van der Waals surface area contributed by atoms with E-state index in [1.165, 1.54) is 11.0 Å². The highest BCUT2D eigenvalue weighted by atomic mass is 35.5. The Morgan fingerprint density at radius 3 is 2.58 bits per heavy atom. The van der Waals surface area contributed by atoms with E-state index in [2.05, 4.69) is 15.6 Å². The third kappa shape index (κ3) is 4.90. The van der Waals surface area contributed by atoms with Crippen molar-refractivity contribution in [3.63, 3.8) is 0 Å². The van der Waals surface area contributed by atoms with Gasteiger partial charge in [-0.1, -0.05) is 58.5 Å². The summed E-state index contributed by atoms with van der Waals surface area (Å²) in [5, 5.41) is 6.03. The number of benzene rings is 2. The van der Waals surface area contributed by atoms with Gasteiger partial charge < -0.3 is 0 Å². The third-order valence-corrected chi connectivity index (χ3v) is 4.68. The molecule has 0 saturated heterocycles. The Morgan fingerprint density at radius 1 is 1.04 bits per heavy atom. The van der Waals surface area contributed by atoms with Crippen LogP contribution >= 0.6 is 46.4 Å². The lowest BCUT2D eigenvalue weighted by molar-refractivity contribution is 0.0649. The molecule has 0 spiro atoms. The molecule has 9 heteroatoms. The minimum Gasteiger partial charge on any atom is -0.271 e. The zero-order valence-electron chi connectivity index (χ0n) is 13.2. The van der Waals surface area contributed by atoms with E-state index in [4.69, 9.17) is 51.2 Å². The summed E-state index contributed by atoms with van der Waals surface area (Å²) in [5.41, 5.74) is 5.05. The SMILES string of the molecule is Clc1ccc(CONC(=Cn2cncn2)c2ccc(Cl)c(Cl)c2)c(Cl)c1. The molecule has 1 N–H and O–H groups in total. The molecule has 2 aromatic carbocycles. The van der Waals surface area contributed by atoms with Crippen LogP contribution in [0.4, 0.5) is 0 Å². The number of hydroxylamine groups is 1. The Bertz CT molecular complexity index is 929. The molecule has 0 saturated carbocycles. The number of halogens is 4. The van der Waals surface area contributed by atoms with Crippen molar-refractivity contribution in [1.82, 2.24) is 20.2 Å². The van der Waals surface area contributed by atoms with Gasteiger partial charge in [0, 0.05) is 15.6 Å². The Labute approximate surface area is 170 Å². The molecule has 1 heterocycles. The number of nitrogens with zero attached hydrogens (tertiary/aromatic N) is 3. The molecule has 26 heavy (non-hydrogen) atoms. The van der Waals surface area contributed by atoms with Crippen molar-refractivity contribution in [2.75, 3.05) is 0 Å². The smallest absolute Gasteiger partial charge is 0.138 e. The minimum absolute atomic E-state index is 0.228. The third-order valence-electron chi connectivity index (χ3n) is 3.35.